The molecule has 1 aliphatic heterocycles. The molecule has 0 spiro atoms. The number of aromatic nitrogens is 1. The quantitative estimate of drug-likeness (QED) is 0.448. The van der Waals surface area contributed by atoms with Crippen LogP contribution in [0.1, 0.15) is 43.7 Å². The van der Waals surface area contributed by atoms with Gasteiger partial charge in [-0.1, -0.05) is 26.0 Å². The second-order valence-electron chi connectivity index (χ2n) is 8.99. The van der Waals surface area contributed by atoms with Gasteiger partial charge in [0, 0.05) is 46.9 Å². The van der Waals surface area contributed by atoms with E-state index < -0.39 is 16.6 Å². The van der Waals surface area contributed by atoms with Crippen LogP contribution in [-0.4, -0.2) is 20.8 Å². The molecule has 0 amide bonds. The fourth-order valence-electron chi connectivity index (χ4n) is 4.88. The summed E-state index contributed by atoms with van der Waals surface area (Å²) in [5.41, 5.74) is 4.08. The molecule has 7 heteroatoms. The Labute approximate surface area is 178 Å². The highest BCUT2D eigenvalue weighted by Gasteiger charge is 2.41. The van der Waals surface area contributed by atoms with Gasteiger partial charge in [-0.15, -0.1) is 0 Å². The van der Waals surface area contributed by atoms with E-state index in [1.807, 2.05) is 24.3 Å². The van der Waals surface area contributed by atoms with Crippen molar-refractivity contribution in [2.24, 2.45) is 5.41 Å². The summed E-state index contributed by atoms with van der Waals surface area (Å²) in [5.74, 6) is -0.846. The van der Waals surface area contributed by atoms with Crippen molar-refractivity contribution < 1.29 is 14.8 Å². The summed E-state index contributed by atoms with van der Waals surface area (Å²) < 4.78 is 0. The number of ketones is 1. The van der Waals surface area contributed by atoms with Gasteiger partial charge in [-0.25, -0.2) is 0 Å². The normalized spacial score (nSPS) is 19.5. The second-order valence-corrected chi connectivity index (χ2v) is 8.99. The smallest absolute Gasteiger partial charge is 0.310 e. The van der Waals surface area contributed by atoms with Crippen LogP contribution < -0.4 is 5.32 Å². The first-order valence-corrected chi connectivity index (χ1v) is 10.1. The minimum atomic E-state index is -0.605. The van der Waals surface area contributed by atoms with Gasteiger partial charge in [0.05, 0.1) is 10.4 Å². The number of hydrogen-bond acceptors (Lipinski definition) is 6. The van der Waals surface area contributed by atoms with E-state index in [4.69, 9.17) is 0 Å². The summed E-state index contributed by atoms with van der Waals surface area (Å²) in [7, 11) is 0. The number of anilines is 1. The third kappa shape index (κ3) is 3.04. The number of carbonyl (C=O) groups is 1. The molecule has 1 atom stereocenters. The molecule has 2 heterocycles. The summed E-state index contributed by atoms with van der Waals surface area (Å²) in [6, 6.07) is 12.0. The zero-order valence-corrected chi connectivity index (χ0v) is 17.2. The standard InChI is InChI=1S/C24H21N3O4/c1-24(2)11-17-23(20(29)12-24)21(13-5-8-19(28)18(10-13)27(30)31)22-14-4-3-9-25-15(14)6-7-16(22)26-17/h3-10,21,26,28H,11-12H2,1-2H3. The molecule has 31 heavy (non-hydrogen) atoms. The van der Waals surface area contributed by atoms with Crippen LogP contribution in [0.15, 0.2) is 59.9 Å². The minimum Gasteiger partial charge on any atom is -0.502 e. The van der Waals surface area contributed by atoms with E-state index in [1.165, 1.54) is 12.1 Å². The fraction of sp³-hybridized carbons (Fsp3) is 0.250. The third-order valence-corrected chi connectivity index (χ3v) is 6.14. The predicted octanol–water partition coefficient (Wildman–Crippen LogP) is 5.05. The molecule has 0 fully saturated rings. The molecule has 1 unspecified atom stereocenters. The van der Waals surface area contributed by atoms with E-state index in [2.05, 4.69) is 24.1 Å². The molecule has 0 saturated heterocycles. The summed E-state index contributed by atoms with van der Waals surface area (Å²) in [6.07, 6.45) is 2.82. The number of carbonyl (C=O) groups excluding carboxylic acids is 1. The topological polar surface area (TPSA) is 105 Å². The van der Waals surface area contributed by atoms with E-state index in [1.54, 1.807) is 12.3 Å². The number of fused-ring (bicyclic) bond motifs is 3. The first-order valence-electron chi connectivity index (χ1n) is 10.1. The zero-order valence-electron chi connectivity index (χ0n) is 17.2. The molecule has 7 nitrogen and oxygen atoms in total. The highest BCUT2D eigenvalue weighted by molar-refractivity contribution is 6.04. The molecule has 1 aromatic heterocycles. The lowest BCUT2D eigenvalue weighted by molar-refractivity contribution is -0.385. The van der Waals surface area contributed by atoms with Gasteiger partial charge in [-0.2, -0.15) is 0 Å². The number of rotatable bonds is 2. The van der Waals surface area contributed by atoms with Crippen LogP contribution in [-0.2, 0) is 4.79 Å². The lowest BCUT2D eigenvalue weighted by Crippen LogP contribution is -2.33. The Hall–Kier alpha value is -3.74. The number of phenols is 1. The molecule has 0 radical (unpaired) electrons. The molecule has 3 aromatic rings. The Morgan fingerprint density at radius 2 is 2.00 bits per heavy atom. The van der Waals surface area contributed by atoms with Gasteiger partial charge in [0.15, 0.2) is 11.5 Å². The van der Waals surface area contributed by atoms with Crippen LogP contribution in [0.4, 0.5) is 11.4 Å². The number of aromatic hydroxyl groups is 1. The first kappa shape index (κ1) is 19.2. The van der Waals surface area contributed by atoms with Crippen LogP contribution in [0.2, 0.25) is 0 Å². The number of Topliss-reactive ketones (excluding diaryl/α,β-unsaturated/α-hetero) is 1. The molecule has 1 aliphatic carbocycles. The predicted molar refractivity (Wildman–Crippen MR) is 117 cm³/mol. The van der Waals surface area contributed by atoms with Crippen molar-refractivity contribution in [3.8, 4) is 5.75 Å². The molecule has 2 aromatic carbocycles. The van der Waals surface area contributed by atoms with Crippen LogP contribution in [0.5, 0.6) is 5.75 Å². The van der Waals surface area contributed by atoms with Gasteiger partial charge < -0.3 is 10.4 Å². The average molecular weight is 415 g/mol. The number of hydrogen-bond donors (Lipinski definition) is 2. The van der Waals surface area contributed by atoms with E-state index in [-0.39, 0.29) is 16.9 Å². The van der Waals surface area contributed by atoms with Crippen molar-refractivity contribution in [1.82, 2.24) is 4.98 Å². The number of pyridine rings is 1. The molecule has 0 bridgehead atoms. The maximum Gasteiger partial charge on any atom is 0.310 e. The van der Waals surface area contributed by atoms with Crippen molar-refractivity contribution in [3.63, 3.8) is 0 Å². The van der Waals surface area contributed by atoms with Gasteiger partial charge in [0.25, 0.3) is 0 Å². The molecule has 0 saturated carbocycles. The Morgan fingerprint density at radius 3 is 2.77 bits per heavy atom. The Bertz CT molecular complexity index is 1310. The molecule has 5 rings (SSSR count). The SMILES string of the molecule is CC1(C)CC(=O)C2=C(C1)Nc1ccc3ncccc3c1C2c1ccc(O)c([N+](=O)[O-])c1. The van der Waals surface area contributed by atoms with Crippen molar-refractivity contribution in [2.45, 2.75) is 32.6 Å². The lowest BCUT2D eigenvalue weighted by Gasteiger charge is -2.39. The van der Waals surface area contributed by atoms with E-state index in [0.29, 0.717) is 24.0 Å². The minimum absolute atomic E-state index is 0.0334. The zero-order chi connectivity index (χ0) is 21.9. The maximum absolute atomic E-state index is 13.4. The van der Waals surface area contributed by atoms with Gasteiger partial charge in [0.2, 0.25) is 0 Å². The second kappa shape index (κ2) is 6.63. The average Bonchev–Trinajstić information content (AvgIpc) is 2.71. The van der Waals surface area contributed by atoms with Crippen molar-refractivity contribution in [1.29, 1.82) is 0 Å². The van der Waals surface area contributed by atoms with Crippen molar-refractivity contribution >= 4 is 28.1 Å². The molecule has 2 aliphatic rings. The largest absolute Gasteiger partial charge is 0.502 e. The number of nitrogens with one attached hydrogen (secondary N) is 1. The van der Waals surface area contributed by atoms with Gasteiger partial charge in [-0.3, -0.25) is 19.9 Å². The molecular formula is C24H21N3O4. The number of phenolic OH excluding ortho intramolecular Hbond substituents is 1. The fourth-order valence-corrected chi connectivity index (χ4v) is 4.88. The van der Waals surface area contributed by atoms with Gasteiger partial charge in [-0.05, 0) is 47.2 Å². The Kier molecular flexibility index (Phi) is 4.12. The summed E-state index contributed by atoms with van der Waals surface area (Å²) in [4.78, 5) is 28.7. The number of nitro groups is 1. The first-order chi connectivity index (χ1) is 14.7. The highest BCUT2D eigenvalue weighted by Crippen LogP contribution is 2.51. The molecular weight excluding hydrogens is 394 g/mol. The molecule has 2 N–H and O–H groups in total. The van der Waals surface area contributed by atoms with E-state index >= 15 is 0 Å². The Balaban J connectivity index is 1.83. The van der Waals surface area contributed by atoms with E-state index in [9.17, 15) is 20.0 Å². The molecule has 156 valence electrons. The van der Waals surface area contributed by atoms with Gasteiger partial charge in [0.1, 0.15) is 0 Å². The maximum atomic E-state index is 13.4. The number of nitro benzene ring substituents is 1. The van der Waals surface area contributed by atoms with Crippen LogP contribution in [0.3, 0.4) is 0 Å². The lowest BCUT2D eigenvalue weighted by atomic mass is 9.68. The summed E-state index contributed by atoms with van der Waals surface area (Å²) >= 11 is 0. The Morgan fingerprint density at radius 1 is 1.19 bits per heavy atom. The van der Waals surface area contributed by atoms with Gasteiger partial charge >= 0.3 is 5.69 Å². The summed E-state index contributed by atoms with van der Waals surface area (Å²) in [5, 5.41) is 25.8. The number of allylic oxidation sites excluding steroid dienone is 2. The third-order valence-electron chi connectivity index (χ3n) is 6.14. The van der Waals surface area contributed by atoms with Crippen LogP contribution >= 0.6 is 0 Å². The van der Waals surface area contributed by atoms with Crippen LogP contribution in [0, 0.1) is 15.5 Å². The highest BCUT2D eigenvalue weighted by atomic mass is 16.6. The summed E-state index contributed by atoms with van der Waals surface area (Å²) in [6.45, 7) is 4.13. The monoisotopic (exact) mass is 415 g/mol. The van der Waals surface area contributed by atoms with Crippen LogP contribution in [0.25, 0.3) is 10.9 Å². The van der Waals surface area contributed by atoms with Crippen molar-refractivity contribution in [2.75, 3.05) is 5.32 Å². The number of nitrogens with zero attached hydrogens (tertiary/aromatic N) is 2. The van der Waals surface area contributed by atoms with Crippen molar-refractivity contribution in [3.05, 3.63) is 81.2 Å². The number of benzene rings is 2. The van der Waals surface area contributed by atoms with E-state index in [0.717, 1.165) is 27.9 Å².